The van der Waals surface area contributed by atoms with E-state index in [0.29, 0.717) is 19.6 Å². The Morgan fingerprint density at radius 1 is 1.29 bits per heavy atom. The van der Waals surface area contributed by atoms with Crippen molar-refractivity contribution >= 4 is 29.1 Å². The summed E-state index contributed by atoms with van der Waals surface area (Å²) in [7, 11) is 3.56. The van der Waals surface area contributed by atoms with E-state index in [1.807, 2.05) is 17.2 Å². The third kappa shape index (κ3) is 6.63. The SMILES string of the molecule is Cc1nc(CN2CCC3(CCCN(CC(=O)N(C)C)C3)C2=O)cs1.O=C(O)C(F)(F)F. The van der Waals surface area contributed by atoms with Crippen molar-refractivity contribution in [2.45, 2.75) is 38.9 Å². The summed E-state index contributed by atoms with van der Waals surface area (Å²) < 4.78 is 31.7. The van der Waals surface area contributed by atoms with Crippen molar-refractivity contribution in [3.05, 3.63) is 16.1 Å². The molecule has 1 N–H and O–H groups in total. The van der Waals surface area contributed by atoms with Gasteiger partial charge in [-0.15, -0.1) is 11.3 Å². The number of halogens is 3. The maximum Gasteiger partial charge on any atom is 0.490 e. The Labute approximate surface area is 182 Å². The molecule has 0 radical (unpaired) electrons. The minimum absolute atomic E-state index is 0.104. The van der Waals surface area contributed by atoms with Gasteiger partial charge in [-0.1, -0.05) is 0 Å². The van der Waals surface area contributed by atoms with E-state index in [4.69, 9.17) is 9.90 Å². The maximum absolute atomic E-state index is 13.0. The van der Waals surface area contributed by atoms with Gasteiger partial charge < -0.3 is 14.9 Å². The maximum atomic E-state index is 13.0. The molecule has 0 bridgehead atoms. The fourth-order valence-electron chi connectivity index (χ4n) is 3.79. The van der Waals surface area contributed by atoms with Gasteiger partial charge in [-0.05, 0) is 32.7 Å². The number of carboxylic acids is 1. The zero-order valence-electron chi connectivity index (χ0n) is 17.7. The fourth-order valence-corrected chi connectivity index (χ4v) is 4.40. The van der Waals surface area contributed by atoms with Crippen molar-refractivity contribution in [2.75, 3.05) is 40.3 Å². The monoisotopic (exact) mass is 464 g/mol. The number of aliphatic carboxylic acids is 1. The van der Waals surface area contributed by atoms with Crippen molar-refractivity contribution in [3.8, 4) is 0 Å². The molecule has 2 amide bonds. The zero-order valence-corrected chi connectivity index (χ0v) is 18.6. The van der Waals surface area contributed by atoms with Crippen molar-refractivity contribution in [2.24, 2.45) is 5.41 Å². The highest BCUT2D eigenvalue weighted by Gasteiger charge is 2.49. The number of likely N-dealkylation sites (N-methyl/N-ethyl adjacent to an activating group) is 1. The normalized spacial score (nSPS) is 21.7. The molecule has 0 aliphatic carbocycles. The summed E-state index contributed by atoms with van der Waals surface area (Å²) in [6.45, 7) is 5.42. The van der Waals surface area contributed by atoms with Gasteiger partial charge >= 0.3 is 12.1 Å². The summed E-state index contributed by atoms with van der Waals surface area (Å²) in [6.07, 6.45) is -2.28. The van der Waals surface area contributed by atoms with Crippen molar-refractivity contribution in [1.29, 1.82) is 0 Å². The molecule has 2 aliphatic rings. The number of rotatable bonds is 4. The Bertz CT molecular complexity index is 814. The molecular formula is C19H27F3N4O4S. The van der Waals surface area contributed by atoms with Gasteiger partial charge in [-0.2, -0.15) is 13.2 Å². The van der Waals surface area contributed by atoms with E-state index in [0.717, 1.165) is 43.1 Å². The summed E-state index contributed by atoms with van der Waals surface area (Å²) in [4.78, 5) is 44.1. The number of alkyl halides is 3. The van der Waals surface area contributed by atoms with Gasteiger partial charge in [0.15, 0.2) is 0 Å². The van der Waals surface area contributed by atoms with E-state index in [1.54, 1.807) is 30.3 Å². The molecule has 12 heteroatoms. The number of nitrogens with zero attached hydrogens (tertiary/aromatic N) is 4. The standard InChI is InChI=1S/C17H26N4O2S.C2HF3O2/c1-13-18-14(11-24-13)9-21-8-6-17(16(21)23)5-4-7-20(12-17)10-15(22)19(2)3;3-2(4,5)1(6)7/h11H,4-10,12H2,1-3H3;(H,6,7). The highest BCUT2D eigenvalue weighted by molar-refractivity contribution is 7.09. The Hall–Kier alpha value is -2.21. The summed E-state index contributed by atoms with van der Waals surface area (Å²) in [5, 5.41) is 10.2. The molecule has 1 aromatic heterocycles. The van der Waals surface area contributed by atoms with Gasteiger partial charge in [-0.3, -0.25) is 14.5 Å². The Morgan fingerprint density at radius 2 is 1.94 bits per heavy atom. The first-order valence-electron chi connectivity index (χ1n) is 9.77. The third-order valence-electron chi connectivity index (χ3n) is 5.38. The van der Waals surface area contributed by atoms with E-state index in [1.165, 1.54) is 0 Å². The molecule has 1 unspecified atom stereocenters. The van der Waals surface area contributed by atoms with Gasteiger partial charge in [0.25, 0.3) is 0 Å². The molecular weight excluding hydrogens is 437 g/mol. The second-order valence-corrected chi connectivity index (χ2v) is 9.08. The molecule has 2 aliphatic heterocycles. The van der Waals surface area contributed by atoms with Crippen LogP contribution < -0.4 is 0 Å². The number of likely N-dealkylation sites (tertiary alicyclic amines) is 2. The highest BCUT2D eigenvalue weighted by Crippen LogP contribution is 2.40. The largest absolute Gasteiger partial charge is 0.490 e. The summed E-state index contributed by atoms with van der Waals surface area (Å²) in [5.74, 6) is -2.41. The van der Waals surface area contributed by atoms with E-state index in [2.05, 4.69) is 9.88 Å². The number of hydrogen-bond acceptors (Lipinski definition) is 6. The molecule has 174 valence electrons. The lowest BCUT2D eigenvalue weighted by Gasteiger charge is -2.39. The summed E-state index contributed by atoms with van der Waals surface area (Å²) >= 11 is 1.63. The molecule has 1 spiro atoms. The number of hydrogen-bond donors (Lipinski definition) is 1. The van der Waals surface area contributed by atoms with E-state index < -0.39 is 12.1 Å². The molecule has 0 aromatic carbocycles. The Morgan fingerprint density at radius 3 is 2.45 bits per heavy atom. The second kappa shape index (κ2) is 9.94. The predicted octanol–water partition coefficient (Wildman–Crippen LogP) is 1.99. The molecule has 1 atom stereocenters. The van der Waals surface area contributed by atoms with Crippen LogP contribution in [0.4, 0.5) is 13.2 Å². The average molecular weight is 465 g/mol. The van der Waals surface area contributed by atoms with Crippen molar-refractivity contribution in [3.63, 3.8) is 0 Å². The topological polar surface area (TPSA) is 94.1 Å². The number of carbonyl (C=O) groups excluding carboxylic acids is 2. The molecule has 3 rings (SSSR count). The molecule has 8 nitrogen and oxygen atoms in total. The number of carbonyl (C=O) groups is 3. The van der Waals surface area contributed by atoms with Crippen LogP contribution in [0.2, 0.25) is 0 Å². The lowest BCUT2D eigenvalue weighted by atomic mass is 9.78. The Balaban J connectivity index is 0.000000423. The van der Waals surface area contributed by atoms with Gasteiger partial charge in [0, 0.05) is 32.6 Å². The average Bonchev–Trinajstić information content (AvgIpc) is 3.20. The van der Waals surface area contributed by atoms with Crippen LogP contribution in [0.5, 0.6) is 0 Å². The van der Waals surface area contributed by atoms with Gasteiger partial charge in [-0.25, -0.2) is 9.78 Å². The van der Waals surface area contributed by atoms with E-state index in [9.17, 15) is 22.8 Å². The van der Waals surface area contributed by atoms with Crippen molar-refractivity contribution < 1.29 is 32.7 Å². The first kappa shape index (κ1) is 25.1. The molecule has 1 aromatic rings. The lowest BCUT2D eigenvalue weighted by Crippen LogP contribution is -2.50. The second-order valence-electron chi connectivity index (χ2n) is 8.02. The quantitative estimate of drug-likeness (QED) is 0.733. The zero-order chi connectivity index (χ0) is 23.4. The first-order valence-corrected chi connectivity index (χ1v) is 10.6. The molecule has 3 heterocycles. The van der Waals surface area contributed by atoms with Crippen LogP contribution in [-0.4, -0.2) is 89.0 Å². The number of carboxylic acid groups (broad SMARTS) is 1. The van der Waals surface area contributed by atoms with Crippen LogP contribution >= 0.6 is 11.3 Å². The number of thiazole rings is 1. The number of aryl methyl sites for hydroxylation is 1. The van der Waals surface area contributed by atoms with Crippen LogP contribution in [0.25, 0.3) is 0 Å². The van der Waals surface area contributed by atoms with Gasteiger partial charge in [0.2, 0.25) is 11.8 Å². The molecule has 2 saturated heterocycles. The number of aromatic nitrogens is 1. The minimum atomic E-state index is -5.08. The van der Waals surface area contributed by atoms with Crippen LogP contribution in [0.3, 0.4) is 0 Å². The predicted molar refractivity (Wildman–Crippen MR) is 107 cm³/mol. The van der Waals surface area contributed by atoms with Crippen LogP contribution in [0, 0.1) is 12.3 Å². The lowest BCUT2D eigenvalue weighted by molar-refractivity contribution is -0.192. The highest BCUT2D eigenvalue weighted by atomic mass is 32.1. The van der Waals surface area contributed by atoms with Crippen LogP contribution in [0.15, 0.2) is 5.38 Å². The van der Waals surface area contributed by atoms with Gasteiger partial charge in [0.05, 0.1) is 29.2 Å². The molecule has 0 saturated carbocycles. The van der Waals surface area contributed by atoms with E-state index in [-0.39, 0.29) is 17.2 Å². The third-order valence-corrected chi connectivity index (χ3v) is 6.20. The summed E-state index contributed by atoms with van der Waals surface area (Å²) in [6, 6.07) is 0. The number of piperidine rings is 1. The van der Waals surface area contributed by atoms with Gasteiger partial charge in [0.1, 0.15) is 0 Å². The smallest absolute Gasteiger partial charge is 0.475 e. The first-order chi connectivity index (χ1) is 14.3. The molecule has 31 heavy (non-hydrogen) atoms. The Kier molecular flexibility index (Phi) is 8.04. The van der Waals surface area contributed by atoms with Crippen LogP contribution in [0.1, 0.15) is 30.0 Å². The van der Waals surface area contributed by atoms with Crippen LogP contribution in [-0.2, 0) is 20.9 Å². The number of amides is 2. The fraction of sp³-hybridized carbons (Fsp3) is 0.684. The van der Waals surface area contributed by atoms with Crippen molar-refractivity contribution in [1.82, 2.24) is 19.7 Å². The molecule has 2 fully saturated rings. The summed E-state index contributed by atoms with van der Waals surface area (Å²) in [5.41, 5.74) is 0.689. The minimum Gasteiger partial charge on any atom is -0.475 e. The van der Waals surface area contributed by atoms with E-state index >= 15 is 0 Å².